The molecule has 0 saturated carbocycles. The van der Waals surface area contributed by atoms with Gasteiger partial charge in [0, 0.05) is 42.0 Å². The summed E-state index contributed by atoms with van der Waals surface area (Å²) < 4.78 is 14.6. The largest absolute Gasteiger partial charge is 0.411 e. The second-order valence-electron chi connectivity index (χ2n) is 4.92. The number of oxime groups is 1. The first-order chi connectivity index (χ1) is 9.13. The lowest BCUT2D eigenvalue weighted by atomic mass is 9.93. The van der Waals surface area contributed by atoms with Crippen LogP contribution < -0.4 is 0 Å². The zero-order valence-electron chi connectivity index (χ0n) is 10.9. The molecule has 1 aliphatic rings. The first-order valence-electron chi connectivity index (χ1n) is 6.51. The number of likely N-dealkylation sites (tertiary alicyclic amines) is 1. The molecule has 104 valence electrons. The molecule has 1 aromatic carbocycles. The molecule has 1 heterocycles. The van der Waals surface area contributed by atoms with Crippen LogP contribution in [0.15, 0.2) is 27.8 Å². The van der Waals surface area contributed by atoms with Crippen LogP contribution >= 0.6 is 15.9 Å². The van der Waals surface area contributed by atoms with Gasteiger partial charge < -0.3 is 5.21 Å². The van der Waals surface area contributed by atoms with Crippen LogP contribution in [0.3, 0.4) is 0 Å². The van der Waals surface area contributed by atoms with Gasteiger partial charge in [-0.3, -0.25) is 4.90 Å². The van der Waals surface area contributed by atoms with Crippen LogP contribution in [0, 0.1) is 11.7 Å². The smallest absolute Gasteiger partial charge is 0.127 e. The number of hydrogen-bond donors (Lipinski definition) is 1. The molecule has 0 spiro atoms. The van der Waals surface area contributed by atoms with Gasteiger partial charge in [-0.25, -0.2) is 4.39 Å². The van der Waals surface area contributed by atoms with Gasteiger partial charge >= 0.3 is 0 Å². The highest BCUT2D eigenvalue weighted by atomic mass is 79.9. The molecule has 3 nitrogen and oxygen atoms in total. The van der Waals surface area contributed by atoms with E-state index in [1.54, 1.807) is 6.07 Å². The summed E-state index contributed by atoms with van der Waals surface area (Å²) in [6, 6.07) is 5.02. The van der Waals surface area contributed by atoms with E-state index in [2.05, 4.69) is 32.9 Å². The normalized spacial score (nSPS) is 22.9. The van der Waals surface area contributed by atoms with Crippen molar-refractivity contribution >= 4 is 21.6 Å². The highest BCUT2D eigenvalue weighted by molar-refractivity contribution is 9.10. The third-order valence-corrected chi connectivity index (χ3v) is 4.15. The first kappa shape index (κ1) is 14.5. The van der Waals surface area contributed by atoms with Gasteiger partial charge in [0.15, 0.2) is 0 Å². The lowest BCUT2D eigenvalue weighted by Gasteiger charge is -2.32. The Morgan fingerprint density at radius 2 is 2.32 bits per heavy atom. The van der Waals surface area contributed by atoms with E-state index >= 15 is 0 Å². The van der Waals surface area contributed by atoms with E-state index in [0.29, 0.717) is 12.1 Å². The maximum atomic E-state index is 13.7. The Balaban J connectivity index is 2.06. The molecule has 0 aromatic heterocycles. The summed E-state index contributed by atoms with van der Waals surface area (Å²) in [7, 11) is 0. The van der Waals surface area contributed by atoms with Crippen LogP contribution in [0.2, 0.25) is 0 Å². The number of benzene rings is 1. The molecule has 1 saturated heterocycles. The summed E-state index contributed by atoms with van der Waals surface area (Å²) in [6.07, 6.45) is 1.70. The van der Waals surface area contributed by atoms with Gasteiger partial charge in [-0.1, -0.05) is 28.0 Å². The van der Waals surface area contributed by atoms with Gasteiger partial charge in [0.2, 0.25) is 0 Å². The second-order valence-corrected chi connectivity index (χ2v) is 5.83. The summed E-state index contributed by atoms with van der Waals surface area (Å²) in [5.74, 6) is 0.104. The van der Waals surface area contributed by atoms with E-state index in [4.69, 9.17) is 5.21 Å². The molecule has 1 atom stereocenters. The van der Waals surface area contributed by atoms with E-state index < -0.39 is 0 Å². The third kappa shape index (κ3) is 3.54. The molecule has 19 heavy (non-hydrogen) atoms. The second kappa shape index (κ2) is 6.48. The van der Waals surface area contributed by atoms with Crippen LogP contribution in [0.5, 0.6) is 0 Å². The molecule has 0 bridgehead atoms. The molecular formula is C14H18BrFN2O. The predicted molar refractivity (Wildman–Crippen MR) is 77.0 cm³/mol. The molecule has 0 amide bonds. The standard InChI is InChI=1S/C14H18BrFN2O/c1-2-10-8-18(6-5-14(10)17-19)9-11-7-12(15)3-4-13(11)16/h3-4,7,10,19H,2,5-6,8-9H2,1H3/b17-14+. The molecule has 2 rings (SSSR count). The Labute approximate surface area is 121 Å². The van der Waals surface area contributed by atoms with Gasteiger partial charge in [0.1, 0.15) is 5.82 Å². The van der Waals surface area contributed by atoms with Gasteiger partial charge in [-0.15, -0.1) is 0 Å². The first-order valence-corrected chi connectivity index (χ1v) is 7.30. The van der Waals surface area contributed by atoms with Crippen LogP contribution in [-0.2, 0) is 6.54 Å². The quantitative estimate of drug-likeness (QED) is 0.679. The minimum absolute atomic E-state index is 0.169. The van der Waals surface area contributed by atoms with E-state index in [1.165, 1.54) is 6.07 Å². The monoisotopic (exact) mass is 328 g/mol. The fourth-order valence-electron chi connectivity index (χ4n) is 2.53. The van der Waals surface area contributed by atoms with E-state index in [9.17, 15) is 4.39 Å². The number of piperidine rings is 1. The SMILES string of the molecule is CCC1CN(Cc2cc(Br)ccc2F)CC/C1=N\O. The van der Waals surface area contributed by atoms with Gasteiger partial charge in [0.25, 0.3) is 0 Å². The topological polar surface area (TPSA) is 35.8 Å². The Bertz CT molecular complexity index is 479. The number of nitrogens with zero attached hydrogens (tertiary/aromatic N) is 2. The summed E-state index contributed by atoms with van der Waals surface area (Å²) in [5, 5.41) is 12.3. The fraction of sp³-hybridized carbons (Fsp3) is 0.500. The molecule has 1 aromatic rings. The molecule has 1 fully saturated rings. The number of hydrogen-bond acceptors (Lipinski definition) is 3. The van der Waals surface area contributed by atoms with Crippen molar-refractivity contribution in [1.29, 1.82) is 0 Å². The Morgan fingerprint density at radius 1 is 1.53 bits per heavy atom. The molecule has 0 aliphatic carbocycles. The van der Waals surface area contributed by atoms with Crippen molar-refractivity contribution in [1.82, 2.24) is 4.90 Å². The summed E-state index contributed by atoms with van der Waals surface area (Å²) >= 11 is 3.37. The van der Waals surface area contributed by atoms with Crippen LogP contribution in [-0.4, -0.2) is 28.9 Å². The van der Waals surface area contributed by atoms with Crippen molar-refractivity contribution in [2.24, 2.45) is 11.1 Å². The van der Waals surface area contributed by atoms with E-state index in [-0.39, 0.29) is 11.7 Å². The summed E-state index contributed by atoms with van der Waals surface area (Å²) in [4.78, 5) is 2.22. The number of halogens is 2. The molecule has 1 aliphatic heterocycles. The summed E-state index contributed by atoms with van der Waals surface area (Å²) in [5.41, 5.74) is 1.57. The molecular weight excluding hydrogens is 311 g/mol. The highest BCUT2D eigenvalue weighted by Crippen LogP contribution is 2.22. The lowest BCUT2D eigenvalue weighted by molar-refractivity contribution is 0.218. The Kier molecular flexibility index (Phi) is 4.93. The fourth-order valence-corrected chi connectivity index (χ4v) is 2.94. The maximum Gasteiger partial charge on any atom is 0.127 e. The average Bonchev–Trinajstić information content (AvgIpc) is 2.42. The van der Waals surface area contributed by atoms with E-state index in [1.807, 2.05) is 6.07 Å². The van der Waals surface area contributed by atoms with Gasteiger partial charge in [-0.05, 0) is 24.6 Å². The van der Waals surface area contributed by atoms with Crippen molar-refractivity contribution in [3.63, 3.8) is 0 Å². The zero-order valence-corrected chi connectivity index (χ0v) is 12.5. The molecule has 0 radical (unpaired) electrons. The minimum atomic E-state index is -0.169. The van der Waals surface area contributed by atoms with Crippen molar-refractivity contribution in [3.05, 3.63) is 34.1 Å². The van der Waals surface area contributed by atoms with Crippen LogP contribution in [0.1, 0.15) is 25.3 Å². The maximum absolute atomic E-state index is 13.7. The lowest BCUT2D eigenvalue weighted by Crippen LogP contribution is -2.40. The predicted octanol–water partition coefficient (Wildman–Crippen LogP) is 3.65. The molecule has 1 unspecified atom stereocenters. The Hall–Kier alpha value is -0.940. The van der Waals surface area contributed by atoms with Crippen LogP contribution in [0.4, 0.5) is 4.39 Å². The Morgan fingerprint density at radius 3 is 3.00 bits per heavy atom. The summed E-state index contributed by atoms with van der Waals surface area (Å²) in [6.45, 7) is 4.31. The van der Waals surface area contributed by atoms with Crippen LogP contribution in [0.25, 0.3) is 0 Å². The minimum Gasteiger partial charge on any atom is -0.411 e. The van der Waals surface area contributed by atoms with Crippen molar-refractivity contribution in [2.75, 3.05) is 13.1 Å². The third-order valence-electron chi connectivity index (χ3n) is 3.66. The highest BCUT2D eigenvalue weighted by Gasteiger charge is 2.25. The average molecular weight is 329 g/mol. The molecule has 1 N–H and O–H groups in total. The molecule has 5 heteroatoms. The van der Waals surface area contributed by atoms with Crippen molar-refractivity contribution in [2.45, 2.75) is 26.3 Å². The number of rotatable bonds is 3. The van der Waals surface area contributed by atoms with Gasteiger partial charge in [-0.2, -0.15) is 0 Å². The van der Waals surface area contributed by atoms with Crippen molar-refractivity contribution < 1.29 is 9.60 Å². The van der Waals surface area contributed by atoms with Crippen molar-refractivity contribution in [3.8, 4) is 0 Å². The zero-order chi connectivity index (χ0) is 13.8. The van der Waals surface area contributed by atoms with Gasteiger partial charge in [0.05, 0.1) is 5.71 Å². The van der Waals surface area contributed by atoms with E-state index in [0.717, 1.165) is 36.1 Å².